The van der Waals surface area contributed by atoms with Crippen LogP contribution < -0.4 is 20.1 Å². The Morgan fingerprint density at radius 3 is 2.45 bits per heavy atom. The first kappa shape index (κ1) is 28.8. The zero-order valence-electron chi connectivity index (χ0n) is 21.0. The van der Waals surface area contributed by atoms with Crippen molar-refractivity contribution >= 4 is 50.1 Å². The number of nitro benzene ring substituents is 1. The lowest BCUT2D eigenvalue weighted by molar-refractivity contribution is -0.384. The van der Waals surface area contributed by atoms with Gasteiger partial charge in [-0.3, -0.25) is 10.1 Å². The minimum absolute atomic E-state index is 0.0335. The highest BCUT2D eigenvalue weighted by atomic mass is 32.2. The Bertz CT molecular complexity index is 1660. The first-order valence-electron chi connectivity index (χ1n) is 11.7. The van der Waals surface area contributed by atoms with Crippen molar-refractivity contribution in [3.63, 3.8) is 0 Å². The molecule has 0 atom stereocenters. The molecule has 0 radical (unpaired) electrons. The standard InChI is InChI=1S/C26H24N4O7S3/c1-16-2-8-20(24(14-16)37-19-7-9-22(31)23(32)15-19)21-10-13-39-25(21)40(35,36)28-12-11-27-26(38)29-17-3-5-18(6-4-17)30(33)34/h2-10,13-15,28,31-32H,11-12H2,1H3,(H2,27,29,38). The lowest BCUT2D eigenvalue weighted by Crippen LogP contribution is -2.36. The maximum Gasteiger partial charge on any atom is 0.269 e. The van der Waals surface area contributed by atoms with Gasteiger partial charge in [0, 0.05) is 48.1 Å². The van der Waals surface area contributed by atoms with Crippen LogP contribution in [0.3, 0.4) is 0 Å². The van der Waals surface area contributed by atoms with Crippen LogP contribution in [0.5, 0.6) is 23.0 Å². The van der Waals surface area contributed by atoms with Crippen molar-refractivity contribution in [2.24, 2.45) is 0 Å². The Hall–Kier alpha value is -4.24. The molecular formula is C26H24N4O7S3. The van der Waals surface area contributed by atoms with Gasteiger partial charge in [0.25, 0.3) is 15.7 Å². The molecule has 0 saturated heterocycles. The molecule has 11 nitrogen and oxygen atoms in total. The zero-order valence-corrected chi connectivity index (χ0v) is 23.4. The van der Waals surface area contributed by atoms with Gasteiger partial charge in [-0.05, 0) is 66.5 Å². The highest BCUT2D eigenvalue weighted by Gasteiger charge is 2.23. The third-order valence-corrected chi connectivity index (χ3v) is 8.71. The maximum atomic E-state index is 13.2. The summed E-state index contributed by atoms with van der Waals surface area (Å²) < 4.78 is 35.0. The molecular weight excluding hydrogens is 577 g/mol. The first-order chi connectivity index (χ1) is 19.0. The summed E-state index contributed by atoms with van der Waals surface area (Å²) in [4.78, 5) is 10.3. The molecule has 0 aliphatic heterocycles. The number of non-ortho nitro benzene ring substituents is 1. The molecule has 0 aliphatic rings. The lowest BCUT2D eigenvalue weighted by atomic mass is 10.1. The number of aromatic hydroxyl groups is 2. The fourth-order valence-electron chi connectivity index (χ4n) is 3.60. The summed E-state index contributed by atoms with van der Waals surface area (Å²) in [6.45, 7) is 2.08. The Morgan fingerprint density at radius 2 is 1.75 bits per heavy atom. The predicted octanol–water partition coefficient (Wildman–Crippen LogP) is 5.10. The third-order valence-electron chi connectivity index (χ3n) is 5.51. The highest BCUT2D eigenvalue weighted by molar-refractivity contribution is 7.91. The number of phenolic OH excluding ortho intramolecular Hbond substituents is 2. The van der Waals surface area contributed by atoms with E-state index in [1.54, 1.807) is 23.6 Å². The van der Waals surface area contributed by atoms with Gasteiger partial charge < -0.3 is 25.6 Å². The average Bonchev–Trinajstić information content (AvgIpc) is 3.40. The number of sulfonamides is 1. The molecule has 0 amide bonds. The largest absolute Gasteiger partial charge is 0.504 e. The van der Waals surface area contributed by atoms with E-state index in [1.165, 1.54) is 42.5 Å². The van der Waals surface area contributed by atoms with Crippen molar-refractivity contribution in [3.05, 3.63) is 87.8 Å². The fraction of sp³-hybridized carbons (Fsp3) is 0.115. The molecule has 1 aromatic heterocycles. The molecule has 0 fully saturated rings. The number of anilines is 1. The van der Waals surface area contributed by atoms with E-state index >= 15 is 0 Å². The molecule has 40 heavy (non-hydrogen) atoms. The van der Waals surface area contributed by atoms with Gasteiger partial charge in [0.05, 0.1) is 4.92 Å². The Morgan fingerprint density at radius 1 is 1.00 bits per heavy atom. The number of rotatable bonds is 10. The number of nitrogens with zero attached hydrogens (tertiary/aromatic N) is 1. The highest BCUT2D eigenvalue weighted by Crippen LogP contribution is 2.40. The molecule has 5 N–H and O–H groups in total. The average molecular weight is 601 g/mol. The quantitative estimate of drug-likeness (QED) is 0.0544. The van der Waals surface area contributed by atoms with E-state index in [9.17, 15) is 28.7 Å². The van der Waals surface area contributed by atoms with Crippen LogP contribution in [0.15, 0.2) is 76.3 Å². The summed E-state index contributed by atoms with van der Waals surface area (Å²) in [6.07, 6.45) is 0. The van der Waals surface area contributed by atoms with Crippen LogP contribution in [0.4, 0.5) is 11.4 Å². The molecule has 0 bridgehead atoms. The van der Waals surface area contributed by atoms with Gasteiger partial charge in [-0.1, -0.05) is 12.1 Å². The number of aryl methyl sites for hydroxylation is 1. The third kappa shape index (κ3) is 7.04. The number of nitrogens with one attached hydrogen (secondary N) is 3. The summed E-state index contributed by atoms with van der Waals surface area (Å²) in [6, 6.07) is 16.8. The van der Waals surface area contributed by atoms with Crippen LogP contribution in [-0.2, 0) is 10.0 Å². The minimum atomic E-state index is -3.91. The Balaban J connectivity index is 1.42. The van der Waals surface area contributed by atoms with E-state index in [2.05, 4.69) is 15.4 Å². The molecule has 208 valence electrons. The summed E-state index contributed by atoms with van der Waals surface area (Å²) >= 11 is 6.27. The topological polar surface area (TPSA) is 163 Å². The van der Waals surface area contributed by atoms with Crippen LogP contribution in [0.25, 0.3) is 11.1 Å². The molecule has 14 heteroatoms. The summed E-state index contributed by atoms with van der Waals surface area (Å²) in [7, 11) is -3.91. The second-order valence-corrected chi connectivity index (χ2v) is 11.7. The second-order valence-electron chi connectivity index (χ2n) is 8.46. The molecule has 4 aromatic rings. The summed E-state index contributed by atoms with van der Waals surface area (Å²) in [5.74, 6) is 0.0192. The van der Waals surface area contributed by atoms with Gasteiger partial charge in [0.2, 0.25) is 0 Å². The molecule has 0 unspecified atom stereocenters. The number of nitro groups is 1. The number of thiocarbonyl (C=S) groups is 1. The van der Waals surface area contributed by atoms with E-state index in [0.29, 0.717) is 22.6 Å². The van der Waals surface area contributed by atoms with E-state index in [-0.39, 0.29) is 45.3 Å². The molecule has 1 heterocycles. The normalized spacial score (nSPS) is 11.1. The molecule has 0 saturated carbocycles. The van der Waals surface area contributed by atoms with Crippen LogP contribution in [0.1, 0.15) is 5.56 Å². The van der Waals surface area contributed by atoms with Crippen molar-refractivity contribution in [1.82, 2.24) is 10.0 Å². The number of thiophene rings is 1. The van der Waals surface area contributed by atoms with Crippen molar-refractivity contribution < 1.29 is 28.3 Å². The number of benzene rings is 3. The number of hydrogen-bond acceptors (Lipinski definition) is 9. The Labute approximate surface area is 239 Å². The van der Waals surface area contributed by atoms with Gasteiger partial charge >= 0.3 is 0 Å². The minimum Gasteiger partial charge on any atom is -0.504 e. The molecule has 0 aliphatic carbocycles. The monoisotopic (exact) mass is 600 g/mol. The van der Waals surface area contributed by atoms with Gasteiger partial charge in [-0.25, -0.2) is 13.1 Å². The van der Waals surface area contributed by atoms with Crippen molar-refractivity contribution in [2.75, 3.05) is 18.4 Å². The van der Waals surface area contributed by atoms with Crippen LogP contribution in [0, 0.1) is 17.0 Å². The SMILES string of the molecule is Cc1ccc(-c2ccsc2S(=O)(=O)NCCNC(=S)Nc2ccc([N+](=O)[O-])cc2)c(Oc2ccc(O)c(O)c2)c1. The van der Waals surface area contributed by atoms with Gasteiger partial charge in [0.15, 0.2) is 16.6 Å². The van der Waals surface area contributed by atoms with Gasteiger partial charge in [-0.15, -0.1) is 11.3 Å². The smallest absolute Gasteiger partial charge is 0.269 e. The first-order valence-corrected chi connectivity index (χ1v) is 14.5. The number of ether oxygens (including phenoxy) is 1. The zero-order chi connectivity index (χ0) is 28.9. The Kier molecular flexibility index (Phi) is 8.84. The van der Waals surface area contributed by atoms with E-state index in [0.717, 1.165) is 16.9 Å². The van der Waals surface area contributed by atoms with Crippen molar-refractivity contribution in [3.8, 4) is 34.1 Å². The number of phenols is 2. The molecule has 0 spiro atoms. The van der Waals surface area contributed by atoms with E-state index < -0.39 is 14.9 Å². The maximum absolute atomic E-state index is 13.2. The van der Waals surface area contributed by atoms with Crippen LogP contribution >= 0.6 is 23.6 Å². The van der Waals surface area contributed by atoms with Crippen LogP contribution in [-0.4, -0.2) is 41.8 Å². The number of hydrogen-bond donors (Lipinski definition) is 5. The van der Waals surface area contributed by atoms with Gasteiger partial charge in [-0.2, -0.15) is 0 Å². The predicted molar refractivity (Wildman–Crippen MR) is 157 cm³/mol. The summed E-state index contributed by atoms with van der Waals surface area (Å²) in [5.41, 5.74) is 2.36. The van der Waals surface area contributed by atoms with E-state index in [4.69, 9.17) is 17.0 Å². The van der Waals surface area contributed by atoms with Crippen molar-refractivity contribution in [1.29, 1.82) is 0 Å². The van der Waals surface area contributed by atoms with Crippen LogP contribution in [0.2, 0.25) is 0 Å². The van der Waals surface area contributed by atoms with Crippen molar-refractivity contribution in [2.45, 2.75) is 11.1 Å². The molecule has 3 aromatic carbocycles. The summed E-state index contributed by atoms with van der Waals surface area (Å²) in [5, 5.41) is 37.8. The fourth-order valence-corrected chi connectivity index (χ4v) is 6.27. The van der Waals surface area contributed by atoms with Gasteiger partial charge in [0.1, 0.15) is 15.7 Å². The molecule has 4 rings (SSSR count). The lowest BCUT2D eigenvalue weighted by Gasteiger charge is -2.14. The second kappa shape index (κ2) is 12.3. The van der Waals surface area contributed by atoms with E-state index in [1.807, 2.05) is 13.0 Å².